The van der Waals surface area contributed by atoms with Crippen molar-refractivity contribution in [3.63, 3.8) is 0 Å². The van der Waals surface area contributed by atoms with Gasteiger partial charge in [-0.05, 0) is 18.4 Å². The highest BCUT2D eigenvalue weighted by atomic mass is 32.2. The molecule has 0 saturated carbocycles. The van der Waals surface area contributed by atoms with Gasteiger partial charge in [-0.15, -0.1) is 0 Å². The van der Waals surface area contributed by atoms with E-state index in [1.165, 1.54) is 18.4 Å². The van der Waals surface area contributed by atoms with E-state index in [1.807, 2.05) is 18.2 Å². The number of nitrogens with one attached hydrogen (secondary N) is 1. The van der Waals surface area contributed by atoms with Crippen LogP contribution in [-0.4, -0.2) is 28.0 Å². The number of anilines is 2. The molecule has 1 fully saturated rings. The van der Waals surface area contributed by atoms with E-state index >= 15 is 0 Å². The normalized spacial score (nSPS) is 14.4. The Labute approximate surface area is 128 Å². The molecule has 2 heterocycles. The third kappa shape index (κ3) is 3.62. The highest BCUT2D eigenvalue weighted by molar-refractivity contribution is 7.98. The van der Waals surface area contributed by atoms with Crippen LogP contribution < -0.4 is 16.2 Å². The number of thioether (sulfide) groups is 1. The van der Waals surface area contributed by atoms with Crippen molar-refractivity contribution in [3.8, 4) is 0 Å². The number of benzene rings is 1. The zero-order valence-corrected chi connectivity index (χ0v) is 12.5. The molecule has 2 aromatic rings. The van der Waals surface area contributed by atoms with Crippen molar-refractivity contribution in [3.05, 3.63) is 35.9 Å². The number of rotatable bonds is 5. The van der Waals surface area contributed by atoms with E-state index in [0.717, 1.165) is 18.8 Å². The Morgan fingerprint density at radius 1 is 1.10 bits per heavy atom. The van der Waals surface area contributed by atoms with Gasteiger partial charge in [-0.1, -0.05) is 42.1 Å². The Bertz CT molecular complexity index is 585. The van der Waals surface area contributed by atoms with Crippen molar-refractivity contribution in [1.82, 2.24) is 15.0 Å². The van der Waals surface area contributed by atoms with Gasteiger partial charge in [0.25, 0.3) is 0 Å². The van der Waals surface area contributed by atoms with Crippen molar-refractivity contribution in [1.29, 1.82) is 0 Å². The molecule has 6 nitrogen and oxygen atoms in total. The molecule has 21 heavy (non-hydrogen) atoms. The minimum Gasteiger partial charge on any atom is -0.341 e. The summed E-state index contributed by atoms with van der Waals surface area (Å²) in [6, 6.07) is 10.3. The zero-order chi connectivity index (χ0) is 14.5. The molecule has 1 aliphatic rings. The number of nitrogen functional groups attached to an aromatic ring is 1. The maximum absolute atomic E-state index is 5.46. The second-order valence-electron chi connectivity index (χ2n) is 4.85. The molecule has 0 unspecified atom stereocenters. The van der Waals surface area contributed by atoms with Crippen molar-refractivity contribution in [2.24, 2.45) is 5.84 Å². The average molecular weight is 302 g/mol. The summed E-state index contributed by atoms with van der Waals surface area (Å²) in [6.45, 7) is 1.99. The Balaban J connectivity index is 1.75. The molecular weight excluding hydrogens is 284 g/mol. The van der Waals surface area contributed by atoms with Crippen LogP contribution in [0, 0.1) is 0 Å². The summed E-state index contributed by atoms with van der Waals surface area (Å²) in [6.07, 6.45) is 2.37. The first-order valence-corrected chi connectivity index (χ1v) is 7.98. The molecule has 3 N–H and O–H groups in total. The van der Waals surface area contributed by atoms with E-state index in [0.29, 0.717) is 17.1 Å². The molecule has 1 aliphatic heterocycles. The van der Waals surface area contributed by atoms with Crippen molar-refractivity contribution in [2.45, 2.75) is 23.8 Å². The quantitative estimate of drug-likeness (QED) is 0.497. The maximum atomic E-state index is 5.46. The molecule has 0 amide bonds. The Hall–Kier alpha value is -1.86. The summed E-state index contributed by atoms with van der Waals surface area (Å²) >= 11 is 1.59. The molecule has 1 aromatic heterocycles. The molecule has 0 radical (unpaired) electrons. The van der Waals surface area contributed by atoms with Crippen LogP contribution in [0.15, 0.2) is 35.5 Å². The SMILES string of the molecule is NNc1nc(SCc2ccccc2)nc(N2CCCC2)n1. The van der Waals surface area contributed by atoms with Gasteiger partial charge in [0.05, 0.1) is 0 Å². The van der Waals surface area contributed by atoms with E-state index in [-0.39, 0.29) is 0 Å². The highest BCUT2D eigenvalue weighted by Gasteiger charge is 2.17. The van der Waals surface area contributed by atoms with Crippen LogP contribution in [-0.2, 0) is 5.75 Å². The molecule has 0 aliphatic carbocycles. The molecule has 1 saturated heterocycles. The zero-order valence-electron chi connectivity index (χ0n) is 11.7. The molecule has 3 rings (SSSR count). The number of nitrogens with two attached hydrogens (primary N) is 1. The van der Waals surface area contributed by atoms with Gasteiger partial charge in [-0.25, -0.2) is 5.84 Å². The lowest BCUT2D eigenvalue weighted by molar-refractivity contribution is 0.827. The number of nitrogens with zero attached hydrogens (tertiary/aromatic N) is 4. The minimum atomic E-state index is 0.419. The predicted molar refractivity (Wildman–Crippen MR) is 85.1 cm³/mol. The second-order valence-corrected chi connectivity index (χ2v) is 5.80. The van der Waals surface area contributed by atoms with E-state index in [9.17, 15) is 0 Å². The van der Waals surface area contributed by atoms with E-state index < -0.39 is 0 Å². The monoisotopic (exact) mass is 302 g/mol. The largest absolute Gasteiger partial charge is 0.341 e. The van der Waals surface area contributed by atoms with Gasteiger partial charge in [0.1, 0.15) is 0 Å². The van der Waals surface area contributed by atoms with Crippen LogP contribution in [0.3, 0.4) is 0 Å². The van der Waals surface area contributed by atoms with Gasteiger partial charge < -0.3 is 4.90 Å². The first kappa shape index (κ1) is 14.1. The Morgan fingerprint density at radius 3 is 2.57 bits per heavy atom. The Morgan fingerprint density at radius 2 is 1.86 bits per heavy atom. The summed E-state index contributed by atoms with van der Waals surface area (Å²) in [7, 11) is 0. The van der Waals surface area contributed by atoms with Crippen LogP contribution in [0.5, 0.6) is 0 Å². The van der Waals surface area contributed by atoms with Crippen molar-refractivity contribution >= 4 is 23.7 Å². The molecule has 7 heteroatoms. The van der Waals surface area contributed by atoms with Crippen LogP contribution in [0.25, 0.3) is 0 Å². The average Bonchev–Trinajstić information content (AvgIpc) is 3.08. The topological polar surface area (TPSA) is 80.0 Å². The minimum absolute atomic E-state index is 0.419. The second kappa shape index (κ2) is 6.73. The molecule has 110 valence electrons. The predicted octanol–water partition coefficient (Wildman–Crippen LogP) is 2.05. The van der Waals surface area contributed by atoms with Crippen LogP contribution in [0.1, 0.15) is 18.4 Å². The van der Waals surface area contributed by atoms with E-state index in [2.05, 4.69) is 37.4 Å². The standard InChI is InChI=1S/C14H18N6S/c15-19-12-16-13(20-8-4-5-9-20)18-14(17-12)21-10-11-6-2-1-3-7-11/h1-3,6-7H,4-5,8-10,15H2,(H,16,17,18,19). The van der Waals surface area contributed by atoms with Crippen LogP contribution in [0.2, 0.25) is 0 Å². The third-order valence-electron chi connectivity index (χ3n) is 3.33. The number of aromatic nitrogens is 3. The van der Waals surface area contributed by atoms with Crippen molar-refractivity contribution in [2.75, 3.05) is 23.4 Å². The lowest BCUT2D eigenvalue weighted by atomic mass is 10.2. The highest BCUT2D eigenvalue weighted by Crippen LogP contribution is 2.23. The molecular formula is C14H18N6S. The fraction of sp³-hybridized carbons (Fsp3) is 0.357. The van der Waals surface area contributed by atoms with Gasteiger partial charge in [0, 0.05) is 18.8 Å². The summed E-state index contributed by atoms with van der Waals surface area (Å²) in [5.74, 6) is 7.42. The first-order chi connectivity index (χ1) is 10.3. The van der Waals surface area contributed by atoms with Gasteiger partial charge in [0.15, 0.2) is 5.16 Å². The lowest BCUT2D eigenvalue weighted by Gasteiger charge is -2.16. The van der Waals surface area contributed by atoms with Gasteiger partial charge >= 0.3 is 0 Å². The Kier molecular flexibility index (Phi) is 4.52. The number of hydrogen-bond donors (Lipinski definition) is 2. The van der Waals surface area contributed by atoms with Crippen LogP contribution in [0.4, 0.5) is 11.9 Å². The molecule has 1 aromatic carbocycles. The summed E-state index contributed by atoms with van der Waals surface area (Å²) in [5, 5.41) is 0.698. The maximum Gasteiger partial charge on any atom is 0.242 e. The first-order valence-electron chi connectivity index (χ1n) is 6.99. The van der Waals surface area contributed by atoms with E-state index in [1.54, 1.807) is 11.8 Å². The lowest BCUT2D eigenvalue weighted by Crippen LogP contribution is -2.22. The fourth-order valence-corrected chi connectivity index (χ4v) is 3.04. The summed E-state index contributed by atoms with van der Waals surface area (Å²) in [5.41, 5.74) is 3.77. The van der Waals surface area contributed by atoms with E-state index in [4.69, 9.17) is 5.84 Å². The van der Waals surface area contributed by atoms with Crippen LogP contribution >= 0.6 is 11.8 Å². The van der Waals surface area contributed by atoms with Gasteiger partial charge in [0.2, 0.25) is 11.9 Å². The van der Waals surface area contributed by atoms with Gasteiger partial charge in [-0.3, -0.25) is 5.43 Å². The molecule has 0 atom stereocenters. The fourth-order valence-electron chi connectivity index (χ4n) is 2.26. The third-order valence-corrected chi connectivity index (χ3v) is 4.25. The van der Waals surface area contributed by atoms with Gasteiger partial charge in [-0.2, -0.15) is 15.0 Å². The summed E-state index contributed by atoms with van der Waals surface area (Å²) in [4.78, 5) is 15.4. The number of hydrogen-bond acceptors (Lipinski definition) is 7. The van der Waals surface area contributed by atoms with Crippen molar-refractivity contribution < 1.29 is 0 Å². The summed E-state index contributed by atoms with van der Waals surface area (Å²) < 4.78 is 0. The number of hydrazine groups is 1. The molecule has 0 spiro atoms. The smallest absolute Gasteiger partial charge is 0.242 e. The molecule has 0 bridgehead atoms.